The SMILES string of the molecule is CC1=CC[C]=C1c1ccc(C)cc1. The number of rotatable bonds is 1. The van der Waals surface area contributed by atoms with Gasteiger partial charge in [0.05, 0.1) is 0 Å². The summed E-state index contributed by atoms with van der Waals surface area (Å²) in [6.45, 7) is 4.26. The maximum absolute atomic E-state index is 3.37. The first-order chi connectivity index (χ1) is 6.27. The van der Waals surface area contributed by atoms with Crippen LogP contribution in [0.25, 0.3) is 5.57 Å². The molecule has 2 rings (SSSR count). The number of allylic oxidation sites excluding steroid dienone is 4. The number of hydrogen-bond donors (Lipinski definition) is 0. The van der Waals surface area contributed by atoms with E-state index in [1.165, 1.54) is 22.3 Å². The lowest BCUT2D eigenvalue weighted by Gasteiger charge is -2.04. The molecule has 1 aliphatic carbocycles. The van der Waals surface area contributed by atoms with E-state index in [1.807, 2.05) is 0 Å². The Bertz CT molecular complexity index is 364. The summed E-state index contributed by atoms with van der Waals surface area (Å²) in [4.78, 5) is 0. The summed E-state index contributed by atoms with van der Waals surface area (Å²) in [7, 11) is 0. The van der Waals surface area contributed by atoms with Crippen LogP contribution in [0.3, 0.4) is 0 Å². The molecule has 0 bridgehead atoms. The average molecular weight is 169 g/mol. The van der Waals surface area contributed by atoms with Crippen molar-refractivity contribution in [2.45, 2.75) is 20.3 Å². The van der Waals surface area contributed by atoms with Crippen molar-refractivity contribution >= 4 is 5.57 Å². The minimum Gasteiger partial charge on any atom is -0.0765 e. The van der Waals surface area contributed by atoms with Crippen LogP contribution in [0.1, 0.15) is 24.5 Å². The van der Waals surface area contributed by atoms with Gasteiger partial charge in [-0.25, -0.2) is 0 Å². The van der Waals surface area contributed by atoms with E-state index in [1.54, 1.807) is 0 Å². The fraction of sp³-hybridized carbons (Fsp3) is 0.231. The highest BCUT2D eigenvalue weighted by atomic mass is 14.1. The third-order valence-electron chi connectivity index (χ3n) is 2.42. The van der Waals surface area contributed by atoms with Crippen molar-refractivity contribution in [3.8, 4) is 0 Å². The minimum absolute atomic E-state index is 0.967. The van der Waals surface area contributed by atoms with E-state index < -0.39 is 0 Å². The van der Waals surface area contributed by atoms with Crippen molar-refractivity contribution < 1.29 is 0 Å². The molecule has 1 radical (unpaired) electrons. The van der Waals surface area contributed by atoms with Crippen molar-refractivity contribution in [1.29, 1.82) is 0 Å². The highest BCUT2D eigenvalue weighted by Crippen LogP contribution is 2.27. The maximum atomic E-state index is 3.37. The van der Waals surface area contributed by atoms with Crippen LogP contribution < -0.4 is 0 Å². The van der Waals surface area contributed by atoms with Crippen LogP contribution in [0.15, 0.2) is 35.9 Å². The molecular weight excluding hydrogens is 156 g/mol. The number of benzene rings is 1. The van der Waals surface area contributed by atoms with E-state index in [9.17, 15) is 0 Å². The van der Waals surface area contributed by atoms with Crippen molar-refractivity contribution in [3.63, 3.8) is 0 Å². The Labute approximate surface area is 79.6 Å². The first-order valence-corrected chi connectivity index (χ1v) is 4.62. The van der Waals surface area contributed by atoms with Crippen LogP contribution in [0.5, 0.6) is 0 Å². The fourth-order valence-electron chi connectivity index (χ4n) is 1.60. The van der Waals surface area contributed by atoms with E-state index in [0.29, 0.717) is 0 Å². The Balaban J connectivity index is 2.37. The Morgan fingerprint density at radius 1 is 1.08 bits per heavy atom. The molecular formula is C13H13. The number of aryl methyl sites for hydroxylation is 1. The van der Waals surface area contributed by atoms with Crippen molar-refractivity contribution in [3.05, 3.63) is 53.1 Å². The van der Waals surface area contributed by atoms with Gasteiger partial charge in [-0.1, -0.05) is 35.9 Å². The predicted molar refractivity (Wildman–Crippen MR) is 56.2 cm³/mol. The molecule has 0 nitrogen and oxygen atoms in total. The molecule has 1 aliphatic rings. The molecule has 0 aliphatic heterocycles. The molecule has 0 unspecified atom stereocenters. The molecule has 0 heterocycles. The zero-order valence-electron chi connectivity index (χ0n) is 8.09. The minimum atomic E-state index is 0.967. The smallest absolute Gasteiger partial charge is 0.00822 e. The van der Waals surface area contributed by atoms with Gasteiger partial charge in [0.2, 0.25) is 0 Å². The van der Waals surface area contributed by atoms with Gasteiger partial charge in [0.1, 0.15) is 0 Å². The van der Waals surface area contributed by atoms with Gasteiger partial charge in [-0.3, -0.25) is 0 Å². The molecule has 0 spiro atoms. The van der Waals surface area contributed by atoms with Crippen molar-refractivity contribution in [1.82, 2.24) is 0 Å². The molecule has 0 saturated heterocycles. The Hall–Kier alpha value is -1.30. The Kier molecular flexibility index (Phi) is 2.05. The predicted octanol–water partition coefficient (Wildman–Crippen LogP) is 3.53. The van der Waals surface area contributed by atoms with Crippen molar-refractivity contribution in [2.24, 2.45) is 0 Å². The molecule has 1 aromatic carbocycles. The zero-order chi connectivity index (χ0) is 9.26. The summed E-state index contributed by atoms with van der Waals surface area (Å²) in [6, 6.07) is 8.63. The van der Waals surface area contributed by atoms with Gasteiger partial charge in [-0.05, 0) is 43.1 Å². The van der Waals surface area contributed by atoms with Crippen LogP contribution in [0.4, 0.5) is 0 Å². The van der Waals surface area contributed by atoms with Gasteiger partial charge in [-0.2, -0.15) is 0 Å². The van der Waals surface area contributed by atoms with Crippen LogP contribution >= 0.6 is 0 Å². The molecule has 13 heavy (non-hydrogen) atoms. The fourth-order valence-corrected chi connectivity index (χ4v) is 1.60. The summed E-state index contributed by atoms with van der Waals surface area (Å²) < 4.78 is 0. The topological polar surface area (TPSA) is 0 Å². The normalized spacial score (nSPS) is 15.5. The quantitative estimate of drug-likeness (QED) is 0.603. The lowest BCUT2D eigenvalue weighted by atomic mass is 10.0. The van der Waals surface area contributed by atoms with E-state index in [0.717, 1.165) is 6.42 Å². The van der Waals surface area contributed by atoms with Gasteiger partial charge in [-0.15, -0.1) is 0 Å². The molecule has 0 aromatic heterocycles. The zero-order valence-corrected chi connectivity index (χ0v) is 8.09. The molecule has 0 amide bonds. The van der Waals surface area contributed by atoms with Crippen LogP contribution in [-0.4, -0.2) is 0 Å². The monoisotopic (exact) mass is 169 g/mol. The van der Waals surface area contributed by atoms with E-state index in [4.69, 9.17) is 0 Å². The summed E-state index contributed by atoms with van der Waals surface area (Å²) in [5.74, 6) is 0. The molecule has 0 N–H and O–H groups in total. The number of hydrogen-bond acceptors (Lipinski definition) is 0. The second-order valence-corrected chi connectivity index (χ2v) is 3.51. The second-order valence-electron chi connectivity index (χ2n) is 3.51. The van der Waals surface area contributed by atoms with E-state index >= 15 is 0 Å². The van der Waals surface area contributed by atoms with Gasteiger partial charge in [0.15, 0.2) is 0 Å². The Morgan fingerprint density at radius 2 is 1.77 bits per heavy atom. The standard InChI is InChI=1S/C13H13/c1-10-6-8-12(9-7-10)13-5-3-4-11(13)2/h4,6-9H,3H2,1-2H3. The molecule has 65 valence electrons. The van der Waals surface area contributed by atoms with Crippen molar-refractivity contribution in [2.75, 3.05) is 0 Å². The van der Waals surface area contributed by atoms with Gasteiger partial charge in [0, 0.05) is 0 Å². The first-order valence-electron chi connectivity index (χ1n) is 4.62. The van der Waals surface area contributed by atoms with Gasteiger partial charge >= 0.3 is 0 Å². The average Bonchev–Trinajstić information content (AvgIpc) is 2.53. The van der Waals surface area contributed by atoms with Gasteiger partial charge < -0.3 is 0 Å². The molecule has 1 aromatic rings. The lowest BCUT2D eigenvalue weighted by molar-refractivity contribution is 1.38. The van der Waals surface area contributed by atoms with Crippen LogP contribution in [0.2, 0.25) is 0 Å². The van der Waals surface area contributed by atoms with E-state index in [-0.39, 0.29) is 0 Å². The van der Waals surface area contributed by atoms with Gasteiger partial charge in [0.25, 0.3) is 0 Å². The highest BCUT2D eigenvalue weighted by molar-refractivity contribution is 5.79. The summed E-state index contributed by atoms with van der Waals surface area (Å²) in [5.41, 5.74) is 5.23. The molecule has 0 heteroatoms. The second kappa shape index (κ2) is 3.21. The highest BCUT2D eigenvalue weighted by Gasteiger charge is 2.07. The lowest BCUT2D eigenvalue weighted by Crippen LogP contribution is -1.83. The molecule has 0 atom stereocenters. The molecule has 0 fully saturated rings. The van der Waals surface area contributed by atoms with E-state index in [2.05, 4.69) is 50.3 Å². The summed E-state index contributed by atoms with van der Waals surface area (Å²) in [6.07, 6.45) is 6.55. The molecule has 0 saturated carbocycles. The first kappa shape index (κ1) is 8.31. The van der Waals surface area contributed by atoms with Crippen LogP contribution in [0, 0.1) is 13.0 Å². The largest absolute Gasteiger partial charge is 0.0765 e. The third kappa shape index (κ3) is 1.57. The summed E-state index contributed by atoms with van der Waals surface area (Å²) in [5, 5.41) is 0. The van der Waals surface area contributed by atoms with Crippen LogP contribution in [-0.2, 0) is 0 Å². The maximum Gasteiger partial charge on any atom is -0.00822 e. The summed E-state index contributed by atoms with van der Waals surface area (Å²) >= 11 is 0. The third-order valence-corrected chi connectivity index (χ3v) is 2.42. The Morgan fingerprint density at radius 3 is 2.31 bits per heavy atom.